The summed E-state index contributed by atoms with van der Waals surface area (Å²) in [6.45, 7) is 1.94. The van der Waals surface area contributed by atoms with Gasteiger partial charge in [-0.05, 0) is 55.3 Å². The minimum Gasteiger partial charge on any atom is -0.508 e. The van der Waals surface area contributed by atoms with Gasteiger partial charge in [0.05, 0.1) is 11.7 Å². The van der Waals surface area contributed by atoms with Crippen molar-refractivity contribution in [1.29, 1.82) is 5.26 Å². The van der Waals surface area contributed by atoms with Gasteiger partial charge in [0.15, 0.2) is 6.61 Å². The minimum absolute atomic E-state index is 0.149. The van der Waals surface area contributed by atoms with Crippen molar-refractivity contribution in [2.45, 2.75) is 25.5 Å². The van der Waals surface area contributed by atoms with E-state index < -0.39 is 18.7 Å². The molecule has 0 aliphatic heterocycles. The van der Waals surface area contributed by atoms with Crippen LogP contribution in [0.15, 0.2) is 42.5 Å². The van der Waals surface area contributed by atoms with Gasteiger partial charge in [-0.2, -0.15) is 5.26 Å². The predicted molar refractivity (Wildman–Crippen MR) is 98.5 cm³/mol. The van der Waals surface area contributed by atoms with E-state index in [4.69, 9.17) is 9.84 Å². The smallest absolute Gasteiger partial charge is 0.341 e. The molecule has 7 nitrogen and oxygen atoms in total. The first-order chi connectivity index (χ1) is 12.9. The highest BCUT2D eigenvalue weighted by molar-refractivity contribution is 5.68. The molecule has 2 atom stereocenters. The van der Waals surface area contributed by atoms with Gasteiger partial charge in [-0.15, -0.1) is 0 Å². The van der Waals surface area contributed by atoms with Crippen LogP contribution in [0.25, 0.3) is 0 Å². The van der Waals surface area contributed by atoms with Crippen LogP contribution in [0.5, 0.6) is 11.5 Å². The Morgan fingerprint density at radius 3 is 2.59 bits per heavy atom. The molecule has 2 rings (SSSR count). The highest BCUT2D eigenvalue weighted by Crippen LogP contribution is 2.21. The number of ether oxygens (including phenoxy) is 1. The summed E-state index contributed by atoms with van der Waals surface area (Å²) in [5, 5.41) is 40.7. The molecule has 0 radical (unpaired) electrons. The summed E-state index contributed by atoms with van der Waals surface area (Å²) in [6.07, 6.45) is -0.0902. The average Bonchev–Trinajstić information content (AvgIpc) is 2.66. The fourth-order valence-electron chi connectivity index (χ4n) is 2.60. The highest BCUT2D eigenvalue weighted by atomic mass is 16.5. The second-order valence-corrected chi connectivity index (χ2v) is 6.15. The van der Waals surface area contributed by atoms with Crippen molar-refractivity contribution >= 4 is 5.97 Å². The quantitative estimate of drug-likeness (QED) is 0.532. The van der Waals surface area contributed by atoms with E-state index in [9.17, 15) is 20.3 Å². The summed E-state index contributed by atoms with van der Waals surface area (Å²) in [5.74, 6) is -0.711. The number of nitriles is 1. The molecule has 0 heterocycles. The summed E-state index contributed by atoms with van der Waals surface area (Å²) in [4.78, 5) is 10.6. The summed E-state index contributed by atoms with van der Waals surface area (Å²) < 4.78 is 5.09. The summed E-state index contributed by atoms with van der Waals surface area (Å²) in [7, 11) is 0. The fraction of sp³-hybridized carbons (Fsp3) is 0.300. The monoisotopic (exact) mass is 370 g/mol. The van der Waals surface area contributed by atoms with E-state index in [1.807, 2.05) is 13.0 Å². The number of aromatic hydroxyl groups is 1. The van der Waals surface area contributed by atoms with E-state index in [-0.39, 0.29) is 23.1 Å². The van der Waals surface area contributed by atoms with E-state index >= 15 is 0 Å². The van der Waals surface area contributed by atoms with Crippen LogP contribution < -0.4 is 10.1 Å². The molecule has 0 saturated carbocycles. The van der Waals surface area contributed by atoms with Gasteiger partial charge in [0, 0.05) is 6.04 Å². The van der Waals surface area contributed by atoms with E-state index in [1.54, 1.807) is 30.3 Å². The topological polar surface area (TPSA) is 123 Å². The molecule has 0 aliphatic rings. The molecule has 2 aromatic rings. The van der Waals surface area contributed by atoms with Crippen molar-refractivity contribution in [2.24, 2.45) is 0 Å². The van der Waals surface area contributed by atoms with Crippen molar-refractivity contribution in [3.05, 3.63) is 59.2 Å². The van der Waals surface area contributed by atoms with Crippen molar-refractivity contribution in [3.8, 4) is 17.6 Å². The van der Waals surface area contributed by atoms with Crippen molar-refractivity contribution < 1.29 is 24.9 Å². The average molecular weight is 370 g/mol. The number of carbonyl (C=O) groups is 1. The maximum absolute atomic E-state index is 10.6. The van der Waals surface area contributed by atoms with Crippen LogP contribution in [0.4, 0.5) is 0 Å². The lowest BCUT2D eigenvalue weighted by molar-refractivity contribution is -0.139. The first-order valence-electron chi connectivity index (χ1n) is 8.48. The summed E-state index contributed by atoms with van der Waals surface area (Å²) in [6, 6.07) is 13.2. The highest BCUT2D eigenvalue weighted by Gasteiger charge is 2.16. The molecular weight excluding hydrogens is 348 g/mol. The zero-order valence-electron chi connectivity index (χ0n) is 14.9. The van der Waals surface area contributed by atoms with Crippen LogP contribution in [0.3, 0.4) is 0 Å². The molecule has 0 fully saturated rings. The van der Waals surface area contributed by atoms with Crippen molar-refractivity contribution in [3.63, 3.8) is 0 Å². The number of benzene rings is 2. The number of aliphatic hydroxyl groups is 1. The van der Waals surface area contributed by atoms with E-state index in [0.29, 0.717) is 18.5 Å². The molecule has 7 heteroatoms. The third-order valence-electron chi connectivity index (χ3n) is 4.10. The number of phenolic OH excluding ortho intramolecular Hbond substituents is 1. The van der Waals surface area contributed by atoms with Crippen LogP contribution >= 0.6 is 0 Å². The third kappa shape index (κ3) is 5.99. The van der Waals surface area contributed by atoms with E-state index in [2.05, 4.69) is 5.32 Å². The molecule has 0 aromatic heterocycles. The number of hydrogen-bond acceptors (Lipinski definition) is 6. The number of carboxylic acid groups (broad SMARTS) is 1. The lowest BCUT2D eigenvalue weighted by atomic mass is 10.0. The first-order valence-corrected chi connectivity index (χ1v) is 8.48. The van der Waals surface area contributed by atoms with Gasteiger partial charge in [0.2, 0.25) is 0 Å². The number of hydrogen-bond donors (Lipinski definition) is 4. The first kappa shape index (κ1) is 20.2. The Labute approximate surface area is 157 Å². The lowest BCUT2D eigenvalue weighted by Gasteiger charge is -2.21. The van der Waals surface area contributed by atoms with Crippen LogP contribution in [0.1, 0.15) is 29.7 Å². The zero-order valence-corrected chi connectivity index (χ0v) is 14.9. The van der Waals surface area contributed by atoms with E-state index in [0.717, 1.165) is 5.56 Å². The number of carboxylic acids is 1. The number of aliphatic carboxylic acids is 1. The molecule has 142 valence electrons. The maximum Gasteiger partial charge on any atom is 0.341 e. The lowest BCUT2D eigenvalue weighted by Crippen LogP contribution is -2.33. The third-order valence-corrected chi connectivity index (χ3v) is 4.10. The molecule has 2 aromatic carbocycles. The molecular formula is C20H22N2O5. The van der Waals surface area contributed by atoms with Gasteiger partial charge in [-0.1, -0.05) is 18.2 Å². The molecule has 27 heavy (non-hydrogen) atoms. The molecule has 0 amide bonds. The van der Waals surface area contributed by atoms with Crippen LogP contribution in [0, 0.1) is 11.3 Å². The largest absolute Gasteiger partial charge is 0.508 e. The Bertz CT molecular complexity index is 814. The summed E-state index contributed by atoms with van der Waals surface area (Å²) >= 11 is 0. The SMILES string of the molecule is C[C@H](NCCc1ccc(OCC(=O)O)c(C#N)c1)[C@H](O)c1ccc(O)cc1. The minimum atomic E-state index is -1.10. The second-order valence-electron chi connectivity index (χ2n) is 6.15. The van der Waals surface area contributed by atoms with Crippen molar-refractivity contribution in [2.75, 3.05) is 13.2 Å². The number of phenols is 1. The number of aliphatic hydroxyl groups excluding tert-OH is 1. The fourth-order valence-corrected chi connectivity index (χ4v) is 2.60. The van der Waals surface area contributed by atoms with Gasteiger partial charge in [0.1, 0.15) is 17.6 Å². The Kier molecular flexibility index (Phi) is 7.17. The van der Waals surface area contributed by atoms with Crippen LogP contribution in [-0.4, -0.2) is 40.5 Å². The molecule has 0 unspecified atom stereocenters. The number of nitrogens with zero attached hydrogens (tertiary/aromatic N) is 1. The van der Waals surface area contributed by atoms with Gasteiger partial charge in [-0.25, -0.2) is 4.79 Å². The molecule has 0 bridgehead atoms. The Morgan fingerprint density at radius 1 is 1.26 bits per heavy atom. The Morgan fingerprint density at radius 2 is 1.96 bits per heavy atom. The second kappa shape index (κ2) is 9.57. The normalized spacial score (nSPS) is 12.8. The molecule has 0 spiro atoms. The molecule has 4 N–H and O–H groups in total. The van der Waals surface area contributed by atoms with Gasteiger partial charge in [0.25, 0.3) is 0 Å². The van der Waals surface area contributed by atoms with Crippen LogP contribution in [0.2, 0.25) is 0 Å². The van der Waals surface area contributed by atoms with Gasteiger partial charge >= 0.3 is 5.97 Å². The zero-order chi connectivity index (χ0) is 19.8. The van der Waals surface area contributed by atoms with Gasteiger partial charge in [-0.3, -0.25) is 0 Å². The Hall–Kier alpha value is -3.08. The number of nitrogens with one attached hydrogen (secondary N) is 1. The van der Waals surface area contributed by atoms with Crippen LogP contribution in [-0.2, 0) is 11.2 Å². The van der Waals surface area contributed by atoms with Crippen molar-refractivity contribution in [1.82, 2.24) is 5.32 Å². The predicted octanol–water partition coefficient (Wildman–Crippen LogP) is 1.98. The molecule has 0 saturated heterocycles. The maximum atomic E-state index is 10.6. The standard InChI is InChI=1S/C20H22N2O5/c1-13(20(26)15-3-5-17(23)6-4-15)22-9-8-14-2-7-18(16(10-14)11-21)27-12-19(24)25/h2-7,10,13,20,22-23,26H,8-9,12H2,1H3,(H,24,25)/t13-,20-/m0/s1. The summed E-state index contributed by atoms with van der Waals surface area (Å²) in [5.41, 5.74) is 1.89. The Balaban J connectivity index is 1.89. The molecule has 0 aliphatic carbocycles. The van der Waals surface area contributed by atoms with Gasteiger partial charge < -0.3 is 25.4 Å². The number of rotatable bonds is 9. The van der Waals surface area contributed by atoms with E-state index in [1.165, 1.54) is 12.1 Å².